The minimum absolute atomic E-state index is 0.0535. The SMILES string of the molecule is C=C(O)CNc1ccn2ncc(-c3cccc(OCCCN)c3)c2n1. The molecule has 7 heteroatoms. The number of nitrogens with zero attached hydrogens (tertiary/aromatic N) is 3. The van der Waals surface area contributed by atoms with Crippen LogP contribution in [0.15, 0.2) is 55.1 Å². The highest BCUT2D eigenvalue weighted by Crippen LogP contribution is 2.27. The number of anilines is 1. The number of rotatable bonds is 8. The maximum Gasteiger partial charge on any atom is 0.165 e. The number of aromatic nitrogens is 3. The lowest BCUT2D eigenvalue weighted by molar-refractivity contribution is 0.313. The van der Waals surface area contributed by atoms with Gasteiger partial charge in [-0.15, -0.1) is 0 Å². The zero-order chi connectivity index (χ0) is 17.6. The Morgan fingerprint density at radius 1 is 1.36 bits per heavy atom. The molecule has 0 aliphatic rings. The molecule has 3 aromatic rings. The average molecular weight is 339 g/mol. The molecule has 0 unspecified atom stereocenters. The first kappa shape index (κ1) is 16.8. The van der Waals surface area contributed by atoms with E-state index in [2.05, 4.69) is 22.0 Å². The van der Waals surface area contributed by atoms with Gasteiger partial charge in [0.2, 0.25) is 0 Å². The topological polar surface area (TPSA) is 97.7 Å². The van der Waals surface area contributed by atoms with Gasteiger partial charge < -0.3 is 20.9 Å². The van der Waals surface area contributed by atoms with E-state index in [1.165, 1.54) is 0 Å². The molecule has 0 spiro atoms. The fourth-order valence-corrected chi connectivity index (χ4v) is 2.39. The molecule has 0 amide bonds. The third-order valence-corrected chi connectivity index (χ3v) is 3.60. The van der Waals surface area contributed by atoms with Crippen LogP contribution in [-0.4, -0.2) is 39.4 Å². The number of nitrogens with two attached hydrogens (primary N) is 1. The van der Waals surface area contributed by atoms with E-state index in [4.69, 9.17) is 10.5 Å². The van der Waals surface area contributed by atoms with Crippen LogP contribution in [0.2, 0.25) is 0 Å². The monoisotopic (exact) mass is 339 g/mol. The second kappa shape index (κ2) is 7.67. The molecule has 0 bridgehead atoms. The molecule has 0 saturated heterocycles. The van der Waals surface area contributed by atoms with Gasteiger partial charge in [0.15, 0.2) is 5.65 Å². The Hall–Kier alpha value is -3.06. The summed E-state index contributed by atoms with van der Waals surface area (Å²) in [5.74, 6) is 1.48. The lowest BCUT2D eigenvalue weighted by Crippen LogP contribution is -2.06. The van der Waals surface area contributed by atoms with Gasteiger partial charge in [-0.2, -0.15) is 5.10 Å². The number of benzene rings is 1. The number of nitrogens with one attached hydrogen (secondary N) is 1. The van der Waals surface area contributed by atoms with E-state index >= 15 is 0 Å². The molecule has 7 nitrogen and oxygen atoms in total. The fraction of sp³-hybridized carbons (Fsp3) is 0.222. The van der Waals surface area contributed by atoms with Crippen molar-refractivity contribution in [3.63, 3.8) is 0 Å². The predicted octanol–water partition coefficient (Wildman–Crippen LogP) is 2.61. The first-order valence-electron chi connectivity index (χ1n) is 8.05. The van der Waals surface area contributed by atoms with Crippen molar-refractivity contribution in [2.24, 2.45) is 5.73 Å². The Labute approximate surface area is 145 Å². The average Bonchev–Trinajstić information content (AvgIpc) is 3.03. The van der Waals surface area contributed by atoms with Crippen LogP contribution in [0.5, 0.6) is 5.75 Å². The number of aliphatic hydroxyl groups excluding tert-OH is 1. The summed E-state index contributed by atoms with van der Waals surface area (Å²) in [6.45, 7) is 4.90. The van der Waals surface area contributed by atoms with Gasteiger partial charge in [0.05, 0.1) is 19.3 Å². The van der Waals surface area contributed by atoms with Gasteiger partial charge in [-0.1, -0.05) is 18.7 Å². The van der Waals surface area contributed by atoms with E-state index in [1.54, 1.807) is 16.8 Å². The first-order valence-corrected chi connectivity index (χ1v) is 8.05. The Morgan fingerprint density at radius 2 is 2.24 bits per heavy atom. The second-order valence-electron chi connectivity index (χ2n) is 5.58. The molecule has 2 aromatic heterocycles. The molecule has 0 saturated carbocycles. The molecular weight excluding hydrogens is 318 g/mol. The molecule has 0 radical (unpaired) electrons. The van der Waals surface area contributed by atoms with Crippen molar-refractivity contribution in [2.45, 2.75) is 6.42 Å². The summed E-state index contributed by atoms with van der Waals surface area (Å²) in [7, 11) is 0. The van der Waals surface area contributed by atoms with Gasteiger partial charge in [-0.05, 0) is 36.7 Å². The molecule has 130 valence electrons. The molecule has 0 aliphatic heterocycles. The summed E-state index contributed by atoms with van der Waals surface area (Å²) in [6, 6.07) is 9.60. The van der Waals surface area contributed by atoms with Crippen molar-refractivity contribution in [3.05, 3.63) is 55.1 Å². The highest BCUT2D eigenvalue weighted by molar-refractivity contribution is 5.78. The summed E-state index contributed by atoms with van der Waals surface area (Å²) in [4.78, 5) is 4.57. The summed E-state index contributed by atoms with van der Waals surface area (Å²) < 4.78 is 7.41. The van der Waals surface area contributed by atoms with E-state index in [1.807, 2.05) is 30.5 Å². The highest BCUT2D eigenvalue weighted by atomic mass is 16.5. The molecule has 1 aromatic carbocycles. The van der Waals surface area contributed by atoms with E-state index < -0.39 is 0 Å². The van der Waals surface area contributed by atoms with Crippen molar-refractivity contribution in [1.29, 1.82) is 0 Å². The molecular formula is C18H21N5O2. The van der Waals surface area contributed by atoms with Crippen LogP contribution in [0.1, 0.15) is 6.42 Å². The van der Waals surface area contributed by atoms with E-state index in [9.17, 15) is 5.11 Å². The fourth-order valence-electron chi connectivity index (χ4n) is 2.39. The van der Waals surface area contributed by atoms with Crippen LogP contribution in [0.25, 0.3) is 16.8 Å². The van der Waals surface area contributed by atoms with Gasteiger partial charge in [-0.3, -0.25) is 0 Å². The van der Waals surface area contributed by atoms with Crippen molar-refractivity contribution >= 4 is 11.5 Å². The molecule has 4 N–H and O–H groups in total. The Morgan fingerprint density at radius 3 is 3.04 bits per heavy atom. The molecule has 0 fully saturated rings. The maximum atomic E-state index is 9.21. The van der Waals surface area contributed by atoms with Crippen molar-refractivity contribution in [2.75, 3.05) is 25.0 Å². The smallest absolute Gasteiger partial charge is 0.165 e. The van der Waals surface area contributed by atoms with Gasteiger partial charge in [-0.25, -0.2) is 9.50 Å². The minimum atomic E-state index is 0.0535. The van der Waals surface area contributed by atoms with Crippen LogP contribution in [0.3, 0.4) is 0 Å². The number of ether oxygens (including phenoxy) is 1. The number of fused-ring (bicyclic) bond motifs is 1. The Balaban J connectivity index is 1.88. The number of aliphatic hydroxyl groups is 1. The van der Waals surface area contributed by atoms with E-state index in [-0.39, 0.29) is 12.3 Å². The third kappa shape index (κ3) is 4.07. The largest absolute Gasteiger partial charge is 0.511 e. The quantitative estimate of drug-likeness (QED) is 0.431. The molecule has 0 atom stereocenters. The van der Waals surface area contributed by atoms with Gasteiger partial charge >= 0.3 is 0 Å². The maximum absolute atomic E-state index is 9.21. The lowest BCUT2D eigenvalue weighted by Gasteiger charge is -2.08. The second-order valence-corrected chi connectivity index (χ2v) is 5.58. The van der Waals surface area contributed by atoms with Crippen LogP contribution >= 0.6 is 0 Å². The normalized spacial score (nSPS) is 10.8. The highest BCUT2D eigenvalue weighted by Gasteiger charge is 2.10. The third-order valence-electron chi connectivity index (χ3n) is 3.60. The summed E-state index contributed by atoms with van der Waals surface area (Å²) in [5.41, 5.74) is 8.08. The van der Waals surface area contributed by atoms with Crippen molar-refractivity contribution in [1.82, 2.24) is 14.6 Å². The predicted molar refractivity (Wildman–Crippen MR) is 97.8 cm³/mol. The summed E-state index contributed by atoms with van der Waals surface area (Å²) >= 11 is 0. The lowest BCUT2D eigenvalue weighted by atomic mass is 10.1. The zero-order valence-corrected chi connectivity index (χ0v) is 13.9. The summed E-state index contributed by atoms with van der Waals surface area (Å²) in [5, 5.41) is 16.6. The van der Waals surface area contributed by atoms with Crippen LogP contribution in [-0.2, 0) is 0 Å². The van der Waals surface area contributed by atoms with Crippen molar-refractivity contribution < 1.29 is 9.84 Å². The van der Waals surface area contributed by atoms with Gasteiger partial charge in [0.25, 0.3) is 0 Å². The zero-order valence-electron chi connectivity index (χ0n) is 13.9. The van der Waals surface area contributed by atoms with Crippen LogP contribution in [0.4, 0.5) is 5.82 Å². The minimum Gasteiger partial charge on any atom is -0.511 e. The molecule has 2 heterocycles. The van der Waals surface area contributed by atoms with Crippen LogP contribution in [0, 0.1) is 0 Å². The van der Waals surface area contributed by atoms with E-state index in [0.717, 1.165) is 23.3 Å². The van der Waals surface area contributed by atoms with Gasteiger partial charge in [0.1, 0.15) is 17.3 Å². The first-order chi connectivity index (χ1) is 12.2. The standard InChI is InChI=1S/C18H21N5O2/c1-13(24)11-20-17-6-8-23-18(22-17)16(12-21-23)14-4-2-5-15(10-14)25-9-3-7-19/h2,4-6,8,10,12,24H,1,3,7,9,11,19H2,(H,20,22). The number of hydrogen-bond donors (Lipinski definition) is 3. The molecule has 3 rings (SSSR count). The molecule has 25 heavy (non-hydrogen) atoms. The Kier molecular flexibility index (Phi) is 5.15. The van der Waals surface area contributed by atoms with E-state index in [0.29, 0.717) is 24.6 Å². The van der Waals surface area contributed by atoms with Gasteiger partial charge in [0, 0.05) is 11.8 Å². The van der Waals surface area contributed by atoms with Crippen LogP contribution < -0.4 is 15.8 Å². The van der Waals surface area contributed by atoms with Crippen molar-refractivity contribution in [3.8, 4) is 16.9 Å². The molecule has 0 aliphatic carbocycles. The summed E-state index contributed by atoms with van der Waals surface area (Å²) in [6.07, 6.45) is 4.40. The number of hydrogen-bond acceptors (Lipinski definition) is 6. The Bertz CT molecular complexity index is 875.